The molecule has 0 aliphatic heterocycles. The second-order valence-electron chi connectivity index (χ2n) is 3.57. The number of pyridine rings is 1. The predicted octanol–water partition coefficient (Wildman–Crippen LogP) is 2.17. The first kappa shape index (κ1) is 10.2. The molecule has 0 saturated heterocycles. The van der Waals surface area contributed by atoms with Crippen LogP contribution in [0.1, 0.15) is 5.69 Å². The minimum atomic E-state index is 0.391. The molecule has 3 aromatic heterocycles. The molecule has 3 heterocycles. The zero-order chi connectivity index (χ0) is 11.8. The fourth-order valence-electron chi connectivity index (χ4n) is 1.71. The van der Waals surface area contributed by atoms with E-state index < -0.39 is 0 Å². The topological polar surface area (TPSA) is 56.5 Å². The van der Waals surface area contributed by atoms with Crippen molar-refractivity contribution < 1.29 is 0 Å². The molecule has 3 rings (SSSR count). The molecule has 0 amide bonds. The molecule has 0 aromatic carbocycles. The lowest BCUT2D eigenvalue weighted by molar-refractivity contribution is 0.819. The van der Waals surface area contributed by atoms with E-state index in [2.05, 4.69) is 20.1 Å². The second kappa shape index (κ2) is 3.78. The van der Waals surface area contributed by atoms with Crippen LogP contribution in [0.3, 0.4) is 0 Å². The Balaban J connectivity index is 2.27. The van der Waals surface area contributed by atoms with Crippen LogP contribution in [0.15, 0.2) is 30.7 Å². The average molecular weight is 246 g/mol. The van der Waals surface area contributed by atoms with Gasteiger partial charge in [0.1, 0.15) is 11.5 Å². The monoisotopic (exact) mass is 245 g/mol. The molecule has 0 spiro atoms. The summed E-state index contributed by atoms with van der Waals surface area (Å²) in [4.78, 5) is 12.2. The van der Waals surface area contributed by atoms with Crippen LogP contribution in [0.4, 0.5) is 0 Å². The van der Waals surface area contributed by atoms with Crippen molar-refractivity contribution in [1.29, 1.82) is 0 Å². The van der Waals surface area contributed by atoms with Crippen LogP contribution < -0.4 is 0 Å². The minimum Gasteiger partial charge on any atom is -0.235 e. The van der Waals surface area contributed by atoms with Crippen LogP contribution in [0.25, 0.3) is 16.9 Å². The van der Waals surface area contributed by atoms with Crippen LogP contribution in [-0.2, 0) is 0 Å². The molecule has 17 heavy (non-hydrogen) atoms. The van der Waals surface area contributed by atoms with Crippen molar-refractivity contribution in [3.05, 3.63) is 41.6 Å². The summed E-state index contributed by atoms with van der Waals surface area (Å²) in [7, 11) is 0. The van der Waals surface area contributed by atoms with Crippen molar-refractivity contribution in [2.75, 3.05) is 0 Å². The van der Waals surface area contributed by atoms with Gasteiger partial charge in [-0.3, -0.25) is 0 Å². The Morgan fingerprint density at radius 3 is 2.88 bits per heavy atom. The van der Waals surface area contributed by atoms with Gasteiger partial charge < -0.3 is 0 Å². The third kappa shape index (κ3) is 1.64. The number of hydrogen-bond acceptors (Lipinski definition) is 4. The highest BCUT2D eigenvalue weighted by Crippen LogP contribution is 2.18. The van der Waals surface area contributed by atoms with E-state index >= 15 is 0 Å². The molecular formula is C11H8ClN5. The van der Waals surface area contributed by atoms with E-state index in [9.17, 15) is 0 Å². The molecular weight excluding hydrogens is 238 g/mol. The van der Waals surface area contributed by atoms with Crippen LogP contribution in [0.5, 0.6) is 0 Å². The molecule has 0 fully saturated rings. The first-order chi connectivity index (χ1) is 8.25. The zero-order valence-electron chi connectivity index (χ0n) is 9.00. The molecule has 6 heteroatoms. The molecule has 0 aliphatic rings. The van der Waals surface area contributed by atoms with Crippen molar-refractivity contribution in [2.45, 2.75) is 6.92 Å². The summed E-state index contributed by atoms with van der Waals surface area (Å²) in [6.07, 6.45) is 3.13. The highest BCUT2D eigenvalue weighted by atomic mass is 35.5. The molecule has 0 N–H and O–H groups in total. The van der Waals surface area contributed by atoms with E-state index in [0.29, 0.717) is 16.6 Å². The first-order valence-electron chi connectivity index (χ1n) is 5.04. The molecule has 0 unspecified atom stereocenters. The second-order valence-corrected chi connectivity index (χ2v) is 3.96. The van der Waals surface area contributed by atoms with Gasteiger partial charge in [0.2, 0.25) is 0 Å². The maximum Gasteiger partial charge on any atom is 0.181 e. The Kier molecular flexibility index (Phi) is 2.26. The van der Waals surface area contributed by atoms with Crippen molar-refractivity contribution in [3.8, 4) is 5.82 Å². The SMILES string of the molecule is Cc1c2cccnc2nn1-c1cc(Cl)ncn1. The van der Waals surface area contributed by atoms with E-state index in [1.807, 2.05) is 19.1 Å². The number of fused-ring (bicyclic) bond motifs is 1. The lowest BCUT2D eigenvalue weighted by Gasteiger charge is -2.01. The first-order valence-corrected chi connectivity index (χ1v) is 5.42. The van der Waals surface area contributed by atoms with Crippen molar-refractivity contribution in [3.63, 3.8) is 0 Å². The normalized spacial score (nSPS) is 10.9. The van der Waals surface area contributed by atoms with Crippen LogP contribution in [0, 0.1) is 6.92 Å². The number of aryl methyl sites for hydroxylation is 1. The third-order valence-electron chi connectivity index (χ3n) is 2.53. The molecule has 0 saturated carbocycles. The summed E-state index contributed by atoms with van der Waals surface area (Å²) in [5.41, 5.74) is 1.67. The number of nitrogens with zero attached hydrogens (tertiary/aromatic N) is 5. The maximum atomic E-state index is 5.84. The quantitative estimate of drug-likeness (QED) is 0.617. The molecule has 5 nitrogen and oxygen atoms in total. The van der Waals surface area contributed by atoms with Crippen LogP contribution >= 0.6 is 11.6 Å². The standard InChI is InChI=1S/C11H8ClN5/c1-7-8-3-2-4-13-11(8)16-17(7)10-5-9(12)14-6-15-10/h2-6H,1H3. The van der Waals surface area contributed by atoms with Gasteiger partial charge >= 0.3 is 0 Å². The maximum absolute atomic E-state index is 5.84. The van der Waals surface area contributed by atoms with Gasteiger partial charge in [-0.15, -0.1) is 5.10 Å². The number of hydrogen-bond donors (Lipinski definition) is 0. The van der Waals surface area contributed by atoms with Crippen LogP contribution in [0.2, 0.25) is 5.15 Å². The van der Waals surface area contributed by atoms with Gasteiger partial charge in [-0.25, -0.2) is 19.6 Å². The van der Waals surface area contributed by atoms with E-state index in [1.54, 1.807) is 16.9 Å². The Bertz CT molecular complexity index is 691. The largest absolute Gasteiger partial charge is 0.235 e. The molecule has 0 bridgehead atoms. The third-order valence-corrected chi connectivity index (χ3v) is 2.73. The lowest BCUT2D eigenvalue weighted by atomic mass is 10.3. The Hall–Kier alpha value is -2.01. The Morgan fingerprint density at radius 1 is 1.24 bits per heavy atom. The van der Waals surface area contributed by atoms with E-state index in [0.717, 1.165) is 11.1 Å². The van der Waals surface area contributed by atoms with Crippen molar-refractivity contribution in [2.24, 2.45) is 0 Å². The fraction of sp³-hybridized carbons (Fsp3) is 0.0909. The summed E-state index contributed by atoms with van der Waals surface area (Å²) < 4.78 is 1.71. The summed E-state index contributed by atoms with van der Waals surface area (Å²) >= 11 is 5.84. The fourth-order valence-corrected chi connectivity index (χ4v) is 1.85. The lowest BCUT2D eigenvalue weighted by Crippen LogP contribution is -2.01. The van der Waals surface area contributed by atoms with Crippen LogP contribution in [-0.4, -0.2) is 24.7 Å². The van der Waals surface area contributed by atoms with Crippen molar-refractivity contribution >= 4 is 22.6 Å². The molecule has 84 valence electrons. The Morgan fingerprint density at radius 2 is 2.12 bits per heavy atom. The van der Waals surface area contributed by atoms with Gasteiger partial charge in [0.05, 0.1) is 5.69 Å². The molecule has 0 atom stereocenters. The number of rotatable bonds is 1. The molecule has 0 radical (unpaired) electrons. The summed E-state index contributed by atoms with van der Waals surface area (Å²) in [6.45, 7) is 1.97. The predicted molar refractivity (Wildman–Crippen MR) is 64.2 cm³/mol. The highest BCUT2D eigenvalue weighted by molar-refractivity contribution is 6.29. The van der Waals surface area contributed by atoms with Gasteiger partial charge in [-0.2, -0.15) is 0 Å². The minimum absolute atomic E-state index is 0.391. The summed E-state index contributed by atoms with van der Waals surface area (Å²) in [6, 6.07) is 5.53. The molecule has 0 aliphatic carbocycles. The summed E-state index contributed by atoms with van der Waals surface area (Å²) in [5, 5.41) is 5.77. The van der Waals surface area contributed by atoms with E-state index in [1.165, 1.54) is 6.33 Å². The Labute approximate surface area is 102 Å². The van der Waals surface area contributed by atoms with Gasteiger partial charge in [0.25, 0.3) is 0 Å². The molecule has 3 aromatic rings. The van der Waals surface area contributed by atoms with Gasteiger partial charge in [-0.05, 0) is 19.1 Å². The van der Waals surface area contributed by atoms with Gasteiger partial charge in [0.15, 0.2) is 11.5 Å². The van der Waals surface area contributed by atoms with Gasteiger partial charge in [0, 0.05) is 17.6 Å². The average Bonchev–Trinajstić information content (AvgIpc) is 2.68. The summed E-state index contributed by atoms with van der Waals surface area (Å²) in [5.74, 6) is 0.639. The smallest absolute Gasteiger partial charge is 0.181 e. The van der Waals surface area contributed by atoms with Crippen molar-refractivity contribution in [1.82, 2.24) is 24.7 Å². The van der Waals surface area contributed by atoms with E-state index in [-0.39, 0.29) is 0 Å². The number of aromatic nitrogens is 5. The number of halogens is 1. The zero-order valence-corrected chi connectivity index (χ0v) is 9.76. The highest BCUT2D eigenvalue weighted by Gasteiger charge is 2.10. The van der Waals surface area contributed by atoms with Gasteiger partial charge in [-0.1, -0.05) is 11.6 Å². The van der Waals surface area contributed by atoms with E-state index in [4.69, 9.17) is 11.6 Å².